The summed E-state index contributed by atoms with van der Waals surface area (Å²) in [7, 11) is 6.14. The van der Waals surface area contributed by atoms with Crippen molar-refractivity contribution in [2.75, 3.05) is 5.73 Å². The number of nitrogen functional groups attached to an aromatic ring is 1. The molecular weight excluding hydrogens is 175 g/mol. The summed E-state index contributed by atoms with van der Waals surface area (Å²) in [5, 5.41) is 4.23. The van der Waals surface area contributed by atoms with Crippen molar-refractivity contribution >= 4 is 35.0 Å². The highest BCUT2D eigenvalue weighted by atomic mass is 15.3. The first-order valence-corrected chi connectivity index (χ1v) is 4.46. The van der Waals surface area contributed by atoms with Crippen molar-refractivity contribution in [3.8, 4) is 0 Å². The zero-order valence-corrected chi connectivity index (χ0v) is 8.52. The smallest absolute Gasteiger partial charge is 0.196 e. The van der Waals surface area contributed by atoms with Crippen LogP contribution in [0, 0.1) is 0 Å². The Morgan fingerprint density at radius 3 is 2.71 bits per heavy atom. The third-order valence-electron chi connectivity index (χ3n) is 1.95. The van der Waals surface area contributed by atoms with Gasteiger partial charge in [0.25, 0.3) is 0 Å². The van der Waals surface area contributed by atoms with Crippen molar-refractivity contribution in [1.29, 1.82) is 0 Å². The van der Waals surface area contributed by atoms with Crippen molar-refractivity contribution in [3.05, 3.63) is 18.2 Å². The summed E-state index contributed by atoms with van der Waals surface area (Å²) in [4.78, 5) is 8.28. The van der Waals surface area contributed by atoms with Gasteiger partial charge in [0.05, 0.1) is 23.5 Å². The van der Waals surface area contributed by atoms with E-state index in [0.29, 0.717) is 11.5 Å². The standard InChI is InChI=1S/C6H10B3N5/c7-6(8,9)5-12-3(10)4-11-1-2-14(4)13-5/h1-2H,7-9H2,(H2,10,12,13). The molecule has 0 saturated carbocycles. The van der Waals surface area contributed by atoms with E-state index >= 15 is 0 Å². The summed E-state index contributed by atoms with van der Waals surface area (Å²) in [5.74, 6) is 1.15. The number of aromatic nitrogens is 4. The minimum atomic E-state index is -0.105. The molecule has 0 aromatic carbocycles. The zero-order valence-electron chi connectivity index (χ0n) is 8.52. The van der Waals surface area contributed by atoms with Gasteiger partial charge in [-0.3, -0.25) is 0 Å². The normalized spacial score (nSPS) is 12.0. The van der Waals surface area contributed by atoms with E-state index in [1.54, 1.807) is 16.9 Å². The molecular formula is C6H10B3N5. The molecule has 14 heavy (non-hydrogen) atoms. The lowest BCUT2D eigenvalue weighted by molar-refractivity contribution is 0.822. The van der Waals surface area contributed by atoms with Gasteiger partial charge in [0.2, 0.25) is 0 Å². The van der Waals surface area contributed by atoms with Crippen molar-refractivity contribution < 1.29 is 0 Å². The Hall–Kier alpha value is -1.46. The Labute approximate surface area is 84.3 Å². The van der Waals surface area contributed by atoms with Crippen LogP contribution in [-0.4, -0.2) is 43.1 Å². The summed E-state index contributed by atoms with van der Waals surface area (Å²) in [5.41, 5.74) is 6.37. The Kier molecular flexibility index (Phi) is 1.80. The van der Waals surface area contributed by atoms with Gasteiger partial charge >= 0.3 is 0 Å². The van der Waals surface area contributed by atoms with Gasteiger partial charge in [0.1, 0.15) is 5.82 Å². The van der Waals surface area contributed by atoms with Crippen LogP contribution in [0.2, 0.25) is 0 Å². The fraction of sp³-hybridized carbons (Fsp3) is 0.167. The molecule has 2 aromatic rings. The number of nitrogens with two attached hydrogens (primary N) is 1. The third-order valence-corrected chi connectivity index (χ3v) is 1.95. The Balaban J connectivity index is 2.70. The third kappa shape index (κ3) is 1.36. The van der Waals surface area contributed by atoms with Gasteiger partial charge in [-0.1, -0.05) is 5.11 Å². The molecule has 5 nitrogen and oxygen atoms in total. The summed E-state index contributed by atoms with van der Waals surface area (Å²) in [6.45, 7) is 0. The van der Waals surface area contributed by atoms with E-state index in [1.807, 2.05) is 23.5 Å². The summed E-state index contributed by atoms with van der Waals surface area (Å²) in [6.07, 6.45) is 3.43. The lowest BCUT2D eigenvalue weighted by Gasteiger charge is -2.16. The molecule has 2 aromatic heterocycles. The Bertz CT molecular complexity index is 474. The van der Waals surface area contributed by atoms with E-state index in [9.17, 15) is 0 Å². The zero-order chi connectivity index (χ0) is 10.3. The van der Waals surface area contributed by atoms with E-state index in [4.69, 9.17) is 5.73 Å². The monoisotopic (exact) mass is 185 g/mol. The number of rotatable bonds is 1. The van der Waals surface area contributed by atoms with E-state index < -0.39 is 0 Å². The van der Waals surface area contributed by atoms with E-state index in [0.717, 1.165) is 5.82 Å². The number of nitrogens with zero attached hydrogens (tertiary/aromatic N) is 4. The first-order valence-electron chi connectivity index (χ1n) is 4.46. The summed E-state index contributed by atoms with van der Waals surface area (Å²) in [6, 6.07) is 0. The predicted octanol–water partition coefficient (Wildman–Crippen LogP) is -3.28. The molecule has 68 valence electrons. The molecule has 0 bridgehead atoms. The molecule has 0 spiro atoms. The SMILES string of the molecule is BC(B)(B)c1nc(N)c2nccn2n1. The largest absolute Gasteiger partial charge is 0.380 e. The second kappa shape index (κ2) is 2.77. The molecule has 2 rings (SSSR count). The molecule has 2 N–H and O–H groups in total. The summed E-state index contributed by atoms with van der Waals surface area (Å²) >= 11 is 0. The van der Waals surface area contributed by atoms with Gasteiger partial charge in [-0.2, -0.15) is 5.10 Å². The molecule has 0 amide bonds. The molecule has 0 radical (unpaired) electrons. The van der Waals surface area contributed by atoms with Gasteiger partial charge in [-0.05, 0) is 0 Å². The number of anilines is 1. The minimum Gasteiger partial charge on any atom is -0.380 e. The van der Waals surface area contributed by atoms with Crippen molar-refractivity contribution in [1.82, 2.24) is 19.6 Å². The molecule has 0 aliphatic rings. The number of hydrogen-bond donors (Lipinski definition) is 1. The van der Waals surface area contributed by atoms with Gasteiger partial charge in [-0.25, -0.2) is 14.5 Å². The van der Waals surface area contributed by atoms with Crippen LogP contribution in [0.25, 0.3) is 5.65 Å². The maximum atomic E-state index is 5.76. The predicted molar refractivity (Wildman–Crippen MR) is 62.5 cm³/mol. The van der Waals surface area contributed by atoms with Crippen LogP contribution in [0.4, 0.5) is 5.82 Å². The van der Waals surface area contributed by atoms with Gasteiger partial charge < -0.3 is 5.73 Å². The van der Waals surface area contributed by atoms with Crippen molar-refractivity contribution in [3.63, 3.8) is 0 Å². The molecule has 0 aliphatic heterocycles. The topological polar surface area (TPSA) is 69.1 Å². The summed E-state index contributed by atoms with van der Waals surface area (Å²) < 4.78 is 1.66. The first kappa shape index (κ1) is 9.11. The maximum absolute atomic E-state index is 5.76. The number of fused-ring (bicyclic) bond motifs is 1. The van der Waals surface area contributed by atoms with Crippen LogP contribution in [0.5, 0.6) is 0 Å². The van der Waals surface area contributed by atoms with Crippen LogP contribution in [-0.2, 0) is 5.11 Å². The second-order valence-corrected chi connectivity index (χ2v) is 4.27. The second-order valence-electron chi connectivity index (χ2n) is 4.27. The number of hydrogen-bond acceptors (Lipinski definition) is 4. The molecule has 8 heteroatoms. The highest BCUT2D eigenvalue weighted by Crippen LogP contribution is 2.12. The first-order chi connectivity index (χ1) is 6.48. The fourth-order valence-corrected chi connectivity index (χ4v) is 1.17. The highest BCUT2D eigenvalue weighted by molar-refractivity contribution is 6.58. The van der Waals surface area contributed by atoms with E-state index in [-0.39, 0.29) is 5.11 Å². The lowest BCUT2D eigenvalue weighted by atomic mass is 9.42. The average Bonchev–Trinajstić information content (AvgIpc) is 2.50. The van der Waals surface area contributed by atoms with E-state index in [1.165, 1.54) is 0 Å². The lowest BCUT2D eigenvalue weighted by Crippen LogP contribution is -2.31. The van der Waals surface area contributed by atoms with E-state index in [2.05, 4.69) is 15.1 Å². The van der Waals surface area contributed by atoms with Gasteiger partial charge in [0.15, 0.2) is 11.5 Å². The van der Waals surface area contributed by atoms with Gasteiger partial charge in [-0.15, -0.1) is 0 Å². The quantitative estimate of drug-likeness (QED) is 0.472. The van der Waals surface area contributed by atoms with Crippen LogP contribution in [0.3, 0.4) is 0 Å². The van der Waals surface area contributed by atoms with Crippen LogP contribution in [0.1, 0.15) is 5.82 Å². The Morgan fingerprint density at radius 1 is 1.36 bits per heavy atom. The van der Waals surface area contributed by atoms with Crippen molar-refractivity contribution in [2.24, 2.45) is 0 Å². The minimum absolute atomic E-state index is 0.105. The molecule has 0 unspecified atom stereocenters. The van der Waals surface area contributed by atoms with Crippen LogP contribution in [0.15, 0.2) is 12.4 Å². The fourth-order valence-electron chi connectivity index (χ4n) is 1.17. The van der Waals surface area contributed by atoms with Crippen LogP contribution >= 0.6 is 0 Å². The van der Waals surface area contributed by atoms with Gasteiger partial charge in [0, 0.05) is 12.4 Å². The molecule has 0 aliphatic carbocycles. The average molecular weight is 185 g/mol. The molecule has 0 fully saturated rings. The van der Waals surface area contributed by atoms with Crippen molar-refractivity contribution in [2.45, 2.75) is 5.11 Å². The number of imidazole rings is 1. The Morgan fingerprint density at radius 2 is 2.07 bits per heavy atom. The van der Waals surface area contributed by atoms with Crippen LogP contribution < -0.4 is 5.73 Å². The maximum Gasteiger partial charge on any atom is 0.196 e. The molecule has 2 heterocycles. The highest BCUT2D eigenvalue weighted by Gasteiger charge is 2.19. The molecule has 0 saturated heterocycles. The molecule has 0 atom stereocenters.